The van der Waals surface area contributed by atoms with Gasteiger partial charge in [-0.25, -0.2) is 4.98 Å². The number of aliphatic hydroxyl groups is 1. The fourth-order valence-electron chi connectivity index (χ4n) is 4.19. The number of carbonyl (C=O) groups is 2. The summed E-state index contributed by atoms with van der Waals surface area (Å²) in [7, 11) is 0. The van der Waals surface area contributed by atoms with E-state index in [1.165, 1.54) is 16.2 Å². The van der Waals surface area contributed by atoms with E-state index in [0.29, 0.717) is 41.0 Å². The van der Waals surface area contributed by atoms with Crippen molar-refractivity contribution in [3.8, 4) is 11.5 Å². The highest BCUT2D eigenvalue weighted by Crippen LogP contribution is 2.44. The number of hydrogen-bond donors (Lipinski definition) is 1. The molecule has 1 aromatic heterocycles. The molecule has 1 N–H and O–H groups in total. The minimum Gasteiger partial charge on any atom is -0.507 e. The van der Waals surface area contributed by atoms with Gasteiger partial charge in [0.15, 0.2) is 16.6 Å². The lowest BCUT2D eigenvalue weighted by atomic mass is 9.85. The number of hydrogen-bond acceptors (Lipinski definition) is 7. The van der Waals surface area contributed by atoms with Crippen LogP contribution in [0, 0.1) is 0 Å². The van der Waals surface area contributed by atoms with Gasteiger partial charge in [0.25, 0.3) is 5.78 Å². The first-order chi connectivity index (χ1) is 16.3. The van der Waals surface area contributed by atoms with Gasteiger partial charge in [-0.05, 0) is 34.7 Å². The van der Waals surface area contributed by atoms with Crippen molar-refractivity contribution in [2.24, 2.45) is 0 Å². The van der Waals surface area contributed by atoms with E-state index in [0.717, 1.165) is 5.56 Å². The minimum atomic E-state index is -0.812. The third-order valence-electron chi connectivity index (χ3n) is 5.98. The Kier molecular flexibility index (Phi) is 5.40. The normalized spacial score (nSPS) is 19.5. The fraction of sp³-hybridized carbons (Fsp3) is 0.269. The van der Waals surface area contributed by atoms with Crippen LogP contribution in [-0.2, 0) is 15.0 Å². The predicted octanol–water partition coefficient (Wildman–Crippen LogP) is 4.84. The number of fused-ring (bicyclic) bond motifs is 1. The molecular weight excluding hydrogens is 452 g/mol. The lowest BCUT2D eigenvalue weighted by molar-refractivity contribution is -0.132. The highest BCUT2D eigenvalue weighted by atomic mass is 32.1. The summed E-state index contributed by atoms with van der Waals surface area (Å²) in [5.74, 6) is -0.693. The van der Waals surface area contributed by atoms with Crippen molar-refractivity contribution in [3.63, 3.8) is 0 Å². The molecule has 3 aromatic rings. The van der Waals surface area contributed by atoms with E-state index >= 15 is 0 Å². The highest BCUT2D eigenvalue weighted by Gasteiger charge is 2.48. The summed E-state index contributed by atoms with van der Waals surface area (Å²) in [6.07, 6.45) is 1.58. The monoisotopic (exact) mass is 476 g/mol. The molecule has 3 heterocycles. The van der Waals surface area contributed by atoms with Gasteiger partial charge in [-0.3, -0.25) is 14.5 Å². The molecule has 0 spiro atoms. The maximum Gasteiger partial charge on any atom is 0.301 e. The summed E-state index contributed by atoms with van der Waals surface area (Å²) in [6, 6.07) is 11.9. The predicted molar refractivity (Wildman–Crippen MR) is 129 cm³/mol. The van der Waals surface area contributed by atoms with Crippen molar-refractivity contribution in [2.45, 2.75) is 32.2 Å². The Labute approximate surface area is 201 Å². The van der Waals surface area contributed by atoms with E-state index in [1.54, 1.807) is 29.8 Å². The molecular formula is C26H24N2O5S. The summed E-state index contributed by atoms with van der Waals surface area (Å²) in [5, 5.41) is 13.4. The minimum absolute atomic E-state index is 0.0142. The summed E-state index contributed by atoms with van der Waals surface area (Å²) < 4.78 is 11.2. The van der Waals surface area contributed by atoms with Crippen molar-refractivity contribution < 1.29 is 24.2 Å². The SMILES string of the molecule is CC(C)(C)c1ccc([C@@H]2C(=C(O)c3ccc4c(c3)OCCO4)C(=O)C(=O)N2c2nccs2)cc1. The van der Waals surface area contributed by atoms with Gasteiger partial charge in [-0.1, -0.05) is 45.0 Å². The Morgan fingerprint density at radius 1 is 1.06 bits per heavy atom. The van der Waals surface area contributed by atoms with Gasteiger partial charge < -0.3 is 14.6 Å². The Morgan fingerprint density at radius 3 is 2.41 bits per heavy atom. The number of aliphatic hydroxyl groups excluding tert-OH is 1. The van der Waals surface area contributed by atoms with Crippen LogP contribution in [0.3, 0.4) is 0 Å². The molecule has 0 bridgehead atoms. The molecule has 0 aliphatic carbocycles. The van der Waals surface area contributed by atoms with Crippen LogP contribution < -0.4 is 14.4 Å². The molecule has 1 fully saturated rings. The van der Waals surface area contributed by atoms with E-state index in [1.807, 2.05) is 24.3 Å². The van der Waals surface area contributed by atoms with Crippen LogP contribution in [0.2, 0.25) is 0 Å². The molecule has 34 heavy (non-hydrogen) atoms. The van der Waals surface area contributed by atoms with Crippen molar-refractivity contribution >= 4 is 33.9 Å². The topological polar surface area (TPSA) is 89.0 Å². The lowest BCUT2D eigenvalue weighted by Crippen LogP contribution is -2.29. The smallest absolute Gasteiger partial charge is 0.301 e. The third kappa shape index (κ3) is 3.74. The number of ether oxygens (including phenoxy) is 2. The average molecular weight is 477 g/mol. The van der Waals surface area contributed by atoms with Crippen LogP contribution >= 0.6 is 11.3 Å². The zero-order chi connectivity index (χ0) is 24.0. The molecule has 174 valence electrons. The molecule has 1 atom stereocenters. The number of amides is 1. The van der Waals surface area contributed by atoms with Crippen LogP contribution in [0.15, 0.2) is 59.6 Å². The molecule has 8 heteroatoms. The number of anilines is 1. The lowest BCUT2D eigenvalue weighted by Gasteiger charge is -2.25. The van der Waals surface area contributed by atoms with E-state index in [4.69, 9.17) is 9.47 Å². The van der Waals surface area contributed by atoms with Crippen LogP contribution in [-0.4, -0.2) is 35.0 Å². The molecule has 5 rings (SSSR count). The number of nitrogens with zero attached hydrogens (tertiary/aromatic N) is 2. The number of aromatic nitrogens is 1. The van der Waals surface area contributed by atoms with E-state index in [-0.39, 0.29) is 16.7 Å². The second-order valence-corrected chi connectivity index (χ2v) is 10.1. The number of rotatable bonds is 3. The van der Waals surface area contributed by atoms with Gasteiger partial charge in [-0.15, -0.1) is 11.3 Å². The molecule has 0 saturated carbocycles. The highest BCUT2D eigenvalue weighted by molar-refractivity contribution is 7.14. The molecule has 2 aliphatic rings. The summed E-state index contributed by atoms with van der Waals surface area (Å²) in [4.78, 5) is 32.0. The first-order valence-electron chi connectivity index (χ1n) is 11.0. The van der Waals surface area contributed by atoms with Crippen molar-refractivity contribution in [2.75, 3.05) is 18.1 Å². The van der Waals surface area contributed by atoms with E-state index in [2.05, 4.69) is 25.8 Å². The van der Waals surface area contributed by atoms with Gasteiger partial charge >= 0.3 is 5.91 Å². The second kappa shape index (κ2) is 8.29. The molecule has 1 amide bonds. The first-order valence-corrected chi connectivity index (χ1v) is 11.8. The molecule has 2 aromatic carbocycles. The van der Waals surface area contributed by atoms with Crippen LogP contribution in [0.25, 0.3) is 5.76 Å². The Hall–Kier alpha value is -3.65. The number of Topliss-reactive ketones (excluding diaryl/α,β-unsaturated/α-hetero) is 1. The second-order valence-electron chi connectivity index (χ2n) is 9.21. The quantitative estimate of drug-likeness (QED) is 0.331. The molecule has 0 radical (unpaired) electrons. The van der Waals surface area contributed by atoms with E-state index < -0.39 is 17.7 Å². The fourth-order valence-corrected chi connectivity index (χ4v) is 4.86. The number of benzene rings is 2. The number of carbonyl (C=O) groups excluding carboxylic acids is 2. The molecule has 0 unspecified atom stereocenters. The van der Waals surface area contributed by atoms with Crippen LogP contribution in [0.5, 0.6) is 11.5 Å². The summed E-state index contributed by atoms with van der Waals surface area (Å²) in [5.41, 5.74) is 2.16. The number of ketones is 1. The van der Waals surface area contributed by atoms with E-state index in [9.17, 15) is 14.7 Å². The van der Waals surface area contributed by atoms with Crippen molar-refractivity contribution in [1.82, 2.24) is 4.98 Å². The van der Waals surface area contributed by atoms with Gasteiger partial charge in [0.2, 0.25) is 0 Å². The third-order valence-corrected chi connectivity index (χ3v) is 6.75. The zero-order valence-corrected chi connectivity index (χ0v) is 19.9. The Morgan fingerprint density at radius 2 is 1.76 bits per heavy atom. The average Bonchev–Trinajstić information content (AvgIpc) is 3.44. The zero-order valence-electron chi connectivity index (χ0n) is 19.1. The maximum absolute atomic E-state index is 13.2. The molecule has 7 nitrogen and oxygen atoms in total. The van der Waals surface area contributed by atoms with Gasteiger partial charge in [0, 0.05) is 17.1 Å². The maximum atomic E-state index is 13.2. The van der Waals surface area contributed by atoms with Gasteiger partial charge in [0.1, 0.15) is 19.0 Å². The summed E-state index contributed by atoms with van der Waals surface area (Å²) in [6.45, 7) is 7.19. The first kappa shape index (κ1) is 22.2. The van der Waals surface area contributed by atoms with Gasteiger partial charge in [0.05, 0.1) is 11.6 Å². The van der Waals surface area contributed by atoms with Crippen molar-refractivity contribution in [3.05, 3.63) is 76.3 Å². The standard InChI is InChI=1S/C26H24N2O5S/c1-26(2,3)17-7-4-15(5-8-17)21-20(23(30)24(31)28(21)25-27-10-13-34-25)22(29)16-6-9-18-19(14-16)33-12-11-32-18/h4-10,13-14,21,29H,11-12H2,1-3H3/t21-/m1/s1. The molecule has 2 aliphatic heterocycles. The molecule has 1 saturated heterocycles. The Balaban J connectivity index is 1.66. The van der Waals surface area contributed by atoms with Crippen LogP contribution in [0.4, 0.5) is 5.13 Å². The van der Waals surface area contributed by atoms with Crippen molar-refractivity contribution in [1.29, 1.82) is 0 Å². The summed E-state index contributed by atoms with van der Waals surface area (Å²) >= 11 is 1.26. The Bertz CT molecular complexity index is 1290. The van der Waals surface area contributed by atoms with Gasteiger partial charge in [-0.2, -0.15) is 0 Å². The van der Waals surface area contributed by atoms with Crippen LogP contribution in [0.1, 0.15) is 43.5 Å². The largest absolute Gasteiger partial charge is 0.507 e. The number of thiazole rings is 1.